The summed E-state index contributed by atoms with van der Waals surface area (Å²) in [6, 6.07) is 1.79. The maximum absolute atomic E-state index is 12.3. The highest BCUT2D eigenvalue weighted by Crippen LogP contribution is 2.24. The van der Waals surface area contributed by atoms with Crippen LogP contribution in [-0.2, 0) is 0 Å². The van der Waals surface area contributed by atoms with Gasteiger partial charge in [-0.15, -0.1) is 11.3 Å². The lowest BCUT2D eigenvalue weighted by atomic mass is 10.3. The zero-order valence-electron chi connectivity index (χ0n) is 10.1. The Kier molecular flexibility index (Phi) is 5.48. The van der Waals surface area contributed by atoms with Gasteiger partial charge in [0, 0.05) is 31.5 Å². The van der Waals surface area contributed by atoms with Crippen LogP contribution in [-0.4, -0.2) is 53.8 Å². The smallest absolute Gasteiger partial charge is 0.265 e. The monoisotopic (exact) mass is 350 g/mol. The van der Waals surface area contributed by atoms with Crippen LogP contribution in [0.1, 0.15) is 16.1 Å². The molecule has 1 aromatic heterocycles. The Labute approximate surface area is 125 Å². The summed E-state index contributed by atoms with van der Waals surface area (Å²) in [5, 5.41) is 3.42. The van der Waals surface area contributed by atoms with E-state index in [1.165, 1.54) is 11.3 Å². The van der Waals surface area contributed by atoms with Gasteiger partial charge in [-0.05, 0) is 24.4 Å². The Balaban J connectivity index is 1.98. The van der Waals surface area contributed by atoms with Crippen molar-refractivity contribution in [2.75, 3.05) is 38.1 Å². The summed E-state index contributed by atoms with van der Waals surface area (Å²) in [7, 11) is 0. The quantitative estimate of drug-likeness (QED) is 0.782. The summed E-state index contributed by atoms with van der Waals surface area (Å²) in [5.41, 5.74) is 0. The SMILES string of the molecule is O=C(c1sccc1Cl)N1CCCN(CCBr)CC1. The fraction of sp³-hybridized carbons (Fsp3) is 0.583. The number of nitrogens with zero attached hydrogens (tertiary/aromatic N) is 2. The molecule has 0 aliphatic carbocycles. The molecule has 1 saturated heterocycles. The summed E-state index contributed by atoms with van der Waals surface area (Å²) in [6.07, 6.45) is 1.03. The minimum absolute atomic E-state index is 0.0793. The molecular weight excluding hydrogens is 336 g/mol. The molecule has 0 unspecified atom stereocenters. The van der Waals surface area contributed by atoms with Crippen LogP contribution in [0.15, 0.2) is 11.4 Å². The highest BCUT2D eigenvalue weighted by Gasteiger charge is 2.22. The normalized spacial score (nSPS) is 17.8. The van der Waals surface area contributed by atoms with Gasteiger partial charge < -0.3 is 9.80 Å². The standard InChI is InChI=1S/C12H16BrClN2OS/c13-3-6-15-4-1-5-16(8-7-15)12(17)11-10(14)2-9-18-11/h2,9H,1,3-8H2. The molecule has 0 spiro atoms. The van der Waals surface area contributed by atoms with E-state index in [0.29, 0.717) is 9.90 Å². The van der Waals surface area contributed by atoms with Crippen molar-refractivity contribution in [3.05, 3.63) is 21.3 Å². The third-order valence-corrected chi connectivity index (χ3v) is 4.77. The van der Waals surface area contributed by atoms with E-state index in [2.05, 4.69) is 20.8 Å². The molecule has 0 atom stereocenters. The summed E-state index contributed by atoms with van der Waals surface area (Å²) in [6.45, 7) is 4.67. The fourth-order valence-electron chi connectivity index (χ4n) is 2.11. The summed E-state index contributed by atoms with van der Waals surface area (Å²) in [5.74, 6) is 0.0793. The average molecular weight is 352 g/mol. The Hall–Kier alpha value is -0.100. The van der Waals surface area contributed by atoms with E-state index >= 15 is 0 Å². The van der Waals surface area contributed by atoms with Crippen molar-refractivity contribution in [2.24, 2.45) is 0 Å². The van der Waals surface area contributed by atoms with Crippen LogP contribution in [0.5, 0.6) is 0 Å². The Morgan fingerprint density at radius 3 is 2.89 bits per heavy atom. The van der Waals surface area contributed by atoms with Crippen molar-refractivity contribution in [2.45, 2.75) is 6.42 Å². The first-order valence-electron chi connectivity index (χ1n) is 6.03. The number of alkyl halides is 1. The molecule has 1 aromatic rings. The molecule has 0 bridgehead atoms. The van der Waals surface area contributed by atoms with Gasteiger partial charge in [-0.3, -0.25) is 4.79 Å². The second-order valence-corrected chi connectivity index (χ2v) is 6.39. The number of hydrogen-bond acceptors (Lipinski definition) is 3. The topological polar surface area (TPSA) is 23.6 Å². The van der Waals surface area contributed by atoms with Gasteiger partial charge in [0.25, 0.3) is 5.91 Å². The third kappa shape index (κ3) is 3.47. The molecule has 2 heterocycles. The summed E-state index contributed by atoms with van der Waals surface area (Å²) >= 11 is 10.9. The molecule has 1 aliphatic rings. The minimum atomic E-state index is 0.0793. The predicted molar refractivity (Wildman–Crippen MR) is 80.1 cm³/mol. The van der Waals surface area contributed by atoms with Crippen LogP contribution >= 0.6 is 38.9 Å². The first-order chi connectivity index (χ1) is 8.72. The molecule has 3 nitrogen and oxygen atoms in total. The van der Waals surface area contributed by atoms with Crippen molar-refractivity contribution < 1.29 is 4.79 Å². The van der Waals surface area contributed by atoms with Crippen LogP contribution < -0.4 is 0 Å². The van der Waals surface area contributed by atoms with E-state index in [-0.39, 0.29) is 5.91 Å². The zero-order chi connectivity index (χ0) is 13.0. The molecule has 18 heavy (non-hydrogen) atoms. The van der Waals surface area contributed by atoms with Gasteiger partial charge in [0.2, 0.25) is 0 Å². The van der Waals surface area contributed by atoms with Crippen molar-refractivity contribution >= 4 is 44.8 Å². The van der Waals surface area contributed by atoms with Crippen molar-refractivity contribution in [3.8, 4) is 0 Å². The highest BCUT2D eigenvalue weighted by molar-refractivity contribution is 9.09. The Morgan fingerprint density at radius 1 is 1.39 bits per heavy atom. The minimum Gasteiger partial charge on any atom is -0.337 e. The predicted octanol–water partition coefficient (Wildman–Crippen LogP) is 2.94. The third-order valence-electron chi connectivity index (χ3n) is 3.09. The van der Waals surface area contributed by atoms with Crippen molar-refractivity contribution in [3.63, 3.8) is 0 Å². The second kappa shape index (κ2) is 6.89. The molecule has 1 fully saturated rings. The molecule has 0 radical (unpaired) electrons. The first kappa shape index (κ1) is 14.3. The molecule has 1 aliphatic heterocycles. The van der Waals surface area contributed by atoms with Gasteiger partial charge in [-0.1, -0.05) is 27.5 Å². The largest absolute Gasteiger partial charge is 0.337 e. The average Bonchev–Trinajstić information content (AvgIpc) is 2.64. The van der Waals surface area contributed by atoms with E-state index in [0.717, 1.165) is 44.5 Å². The Morgan fingerprint density at radius 2 is 2.22 bits per heavy atom. The number of thiophene rings is 1. The van der Waals surface area contributed by atoms with Gasteiger partial charge in [-0.2, -0.15) is 0 Å². The van der Waals surface area contributed by atoms with Gasteiger partial charge in [0.15, 0.2) is 0 Å². The number of hydrogen-bond donors (Lipinski definition) is 0. The van der Waals surface area contributed by atoms with Crippen LogP contribution in [0, 0.1) is 0 Å². The number of carbonyl (C=O) groups excluding carboxylic acids is 1. The number of amides is 1. The van der Waals surface area contributed by atoms with E-state index in [9.17, 15) is 4.79 Å². The van der Waals surface area contributed by atoms with Crippen molar-refractivity contribution in [1.82, 2.24) is 9.80 Å². The lowest BCUT2D eigenvalue weighted by Gasteiger charge is -2.21. The van der Waals surface area contributed by atoms with Gasteiger partial charge in [0.1, 0.15) is 4.88 Å². The van der Waals surface area contributed by atoms with E-state index in [4.69, 9.17) is 11.6 Å². The number of carbonyl (C=O) groups is 1. The molecule has 0 aromatic carbocycles. The lowest BCUT2D eigenvalue weighted by Crippen LogP contribution is -2.35. The van der Waals surface area contributed by atoms with Gasteiger partial charge in [0.05, 0.1) is 5.02 Å². The maximum Gasteiger partial charge on any atom is 0.265 e. The van der Waals surface area contributed by atoms with Crippen LogP contribution in [0.2, 0.25) is 5.02 Å². The summed E-state index contributed by atoms with van der Waals surface area (Å²) < 4.78 is 0. The molecule has 2 rings (SSSR count). The Bertz CT molecular complexity index is 413. The molecule has 0 N–H and O–H groups in total. The van der Waals surface area contributed by atoms with Gasteiger partial charge >= 0.3 is 0 Å². The second-order valence-electron chi connectivity index (χ2n) is 4.27. The summed E-state index contributed by atoms with van der Waals surface area (Å²) in [4.78, 5) is 17.3. The molecule has 1 amide bonds. The fourth-order valence-corrected chi connectivity index (χ4v) is 3.71. The van der Waals surface area contributed by atoms with Crippen LogP contribution in [0.25, 0.3) is 0 Å². The van der Waals surface area contributed by atoms with Crippen LogP contribution in [0.3, 0.4) is 0 Å². The lowest BCUT2D eigenvalue weighted by molar-refractivity contribution is 0.0767. The highest BCUT2D eigenvalue weighted by atomic mass is 79.9. The van der Waals surface area contributed by atoms with Crippen LogP contribution in [0.4, 0.5) is 0 Å². The van der Waals surface area contributed by atoms with E-state index < -0.39 is 0 Å². The maximum atomic E-state index is 12.3. The number of halogens is 2. The van der Waals surface area contributed by atoms with E-state index in [1.807, 2.05) is 10.3 Å². The zero-order valence-corrected chi connectivity index (χ0v) is 13.2. The van der Waals surface area contributed by atoms with E-state index in [1.54, 1.807) is 6.07 Å². The molecular formula is C12H16BrClN2OS. The molecule has 0 saturated carbocycles. The number of rotatable bonds is 3. The first-order valence-corrected chi connectivity index (χ1v) is 8.41. The van der Waals surface area contributed by atoms with Gasteiger partial charge in [-0.25, -0.2) is 0 Å². The van der Waals surface area contributed by atoms with Crippen molar-refractivity contribution in [1.29, 1.82) is 0 Å². The molecule has 6 heteroatoms. The molecule has 100 valence electrons.